The standard InChI is InChI=1S/C22H23N3O3S2/c1-12-3-5-15-18(7-12)30-22-20(15)21(23-10-24-22)29-9-19(26)25-13(2)14-4-6-16-17(8-14)28-11-27-16/h4,6,8,10,12-13H,3,5,7,9,11H2,1-2H3,(H,25,26)/t12-,13+/m1/s1. The highest BCUT2D eigenvalue weighted by molar-refractivity contribution is 8.00. The summed E-state index contributed by atoms with van der Waals surface area (Å²) in [4.78, 5) is 24.1. The molecule has 0 unspecified atom stereocenters. The summed E-state index contributed by atoms with van der Waals surface area (Å²) >= 11 is 3.27. The van der Waals surface area contributed by atoms with Crippen LogP contribution < -0.4 is 14.8 Å². The third-order valence-electron chi connectivity index (χ3n) is 5.67. The predicted octanol–water partition coefficient (Wildman–Crippen LogP) is 4.51. The second-order valence-electron chi connectivity index (χ2n) is 7.90. The number of thiophene rings is 1. The highest BCUT2D eigenvalue weighted by atomic mass is 32.2. The van der Waals surface area contributed by atoms with Gasteiger partial charge in [0.15, 0.2) is 11.5 Å². The molecule has 5 rings (SSSR count). The van der Waals surface area contributed by atoms with Gasteiger partial charge in [-0.15, -0.1) is 11.3 Å². The van der Waals surface area contributed by atoms with E-state index in [1.807, 2.05) is 25.1 Å². The lowest BCUT2D eigenvalue weighted by Gasteiger charge is -2.18. The number of nitrogens with zero attached hydrogens (tertiary/aromatic N) is 2. The summed E-state index contributed by atoms with van der Waals surface area (Å²) < 4.78 is 10.8. The van der Waals surface area contributed by atoms with Crippen LogP contribution in [0.25, 0.3) is 10.2 Å². The Kier molecular flexibility index (Phi) is 5.28. The second-order valence-corrected chi connectivity index (χ2v) is 9.95. The number of thioether (sulfide) groups is 1. The van der Waals surface area contributed by atoms with E-state index in [-0.39, 0.29) is 18.7 Å². The van der Waals surface area contributed by atoms with Crippen LogP contribution in [0.2, 0.25) is 0 Å². The summed E-state index contributed by atoms with van der Waals surface area (Å²) in [6.07, 6.45) is 5.01. The highest BCUT2D eigenvalue weighted by Crippen LogP contribution is 2.40. The fraction of sp³-hybridized carbons (Fsp3) is 0.409. The molecule has 1 aliphatic heterocycles. The summed E-state index contributed by atoms with van der Waals surface area (Å²) in [5.41, 5.74) is 2.38. The number of hydrogen-bond acceptors (Lipinski definition) is 7. The van der Waals surface area contributed by atoms with Crippen LogP contribution in [-0.4, -0.2) is 28.4 Å². The maximum absolute atomic E-state index is 12.6. The highest BCUT2D eigenvalue weighted by Gasteiger charge is 2.23. The molecule has 1 aliphatic carbocycles. The van der Waals surface area contributed by atoms with Crippen molar-refractivity contribution in [2.75, 3.05) is 12.5 Å². The summed E-state index contributed by atoms with van der Waals surface area (Å²) in [5.74, 6) is 2.49. The quantitative estimate of drug-likeness (QED) is 0.464. The fourth-order valence-electron chi connectivity index (χ4n) is 4.04. The lowest BCUT2D eigenvalue weighted by molar-refractivity contribution is -0.119. The van der Waals surface area contributed by atoms with E-state index >= 15 is 0 Å². The van der Waals surface area contributed by atoms with Gasteiger partial charge in [-0.05, 0) is 55.4 Å². The average molecular weight is 442 g/mol. The van der Waals surface area contributed by atoms with Gasteiger partial charge in [0.25, 0.3) is 0 Å². The normalized spacial score (nSPS) is 18.3. The minimum absolute atomic E-state index is 0.0188. The molecule has 8 heteroatoms. The third-order valence-corrected chi connectivity index (χ3v) is 7.82. The SMILES string of the molecule is C[C@@H]1CCc2c(sc3ncnc(SCC(=O)N[C@@H](C)c4ccc5c(c4)OCO5)c23)C1. The molecule has 3 heterocycles. The van der Waals surface area contributed by atoms with Crippen LogP contribution in [0.15, 0.2) is 29.6 Å². The molecule has 1 N–H and O–H groups in total. The molecule has 2 aliphatic rings. The van der Waals surface area contributed by atoms with Crippen LogP contribution in [-0.2, 0) is 17.6 Å². The number of fused-ring (bicyclic) bond motifs is 4. The smallest absolute Gasteiger partial charge is 0.231 e. The van der Waals surface area contributed by atoms with Gasteiger partial charge < -0.3 is 14.8 Å². The number of benzene rings is 1. The molecule has 156 valence electrons. The predicted molar refractivity (Wildman–Crippen MR) is 118 cm³/mol. The maximum atomic E-state index is 12.6. The zero-order valence-electron chi connectivity index (χ0n) is 16.9. The molecule has 0 saturated carbocycles. The number of aryl methyl sites for hydroxylation is 1. The number of rotatable bonds is 5. The molecule has 1 amide bonds. The lowest BCUT2D eigenvalue weighted by Crippen LogP contribution is -2.28. The largest absolute Gasteiger partial charge is 0.454 e. The molecule has 3 aromatic rings. The van der Waals surface area contributed by atoms with Crippen molar-refractivity contribution in [2.45, 2.75) is 44.2 Å². The van der Waals surface area contributed by atoms with E-state index in [1.165, 1.54) is 28.6 Å². The Morgan fingerprint density at radius 1 is 1.33 bits per heavy atom. The Hall–Kier alpha value is -2.32. The van der Waals surface area contributed by atoms with Crippen LogP contribution >= 0.6 is 23.1 Å². The van der Waals surface area contributed by atoms with Crippen molar-refractivity contribution >= 4 is 39.2 Å². The van der Waals surface area contributed by atoms with Gasteiger partial charge in [-0.2, -0.15) is 0 Å². The van der Waals surface area contributed by atoms with Gasteiger partial charge in [0.2, 0.25) is 12.7 Å². The maximum Gasteiger partial charge on any atom is 0.231 e. The van der Waals surface area contributed by atoms with E-state index in [9.17, 15) is 4.79 Å². The summed E-state index contributed by atoms with van der Waals surface area (Å²) in [5, 5.41) is 5.14. The average Bonchev–Trinajstić information content (AvgIpc) is 3.35. The van der Waals surface area contributed by atoms with Crippen LogP contribution in [0.3, 0.4) is 0 Å². The zero-order valence-corrected chi connectivity index (χ0v) is 18.6. The number of amides is 1. The Morgan fingerprint density at radius 2 is 2.20 bits per heavy atom. The lowest BCUT2D eigenvalue weighted by atomic mass is 9.89. The first-order valence-electron chi connectivity index (χ1n) is 10.2. The topological polar surface area (TPSA) is 73.3 Å². The molecule has 30 heavy (non-hydrogen) atoms. The third kappa shape index (κ3) is 3.74. The van der Waals surface area contributed by atoms with E-state index < -0.39 is 0 Å². The molecule has 0 saturated heterocycles. The number of aromatic nitrogens is 2. The van der Waals surface area contributed by atoms with Crippen molar-refractivity contribution in [2.24, 2.45) is 5.92 Å². The Balaban J connectivity index is 1.27. The van der Waals surface area contributed by atoms with Gasteiger partial charge in [-0.3, -0.25) is 4.79 Å². The van der Waals surface area contributed by atoms with Crippen molar-refractivity contribution in [1.29, 1.82) is 0 Å². The molecule has 1 aromatic carbocycles. The summed E-state index contributed by atoms with van der Waals surface area (Å²) in [6, 6.07) is 5.65. The van der Waals surface area contributed by atoms with Gasteiger partial charge in [-0.25, -0.2) is 9.97 Å². The molecule has 0 fully saturated rings. The first-order valence-corrected chi connectivity index (χ1v) is 12.0. The van der Waals surface area contributed by atoms with Crippen molar-refractivity contribution in [3.63, 3.8) is 0 Å². The zero-order chi connectivity index (χ0) is 20.7. The van der Waals surface area contributed by atoms with Crippen molar-refractivity contribution in [3.05, 3.63) is 40.5 Å². The number of nitrogens with one attached hydrogen (secondary N) is 1. The number of ether oxygens (including phenoxy) is 2. The number of hydrogen-bond donors (Lipinski definition) is 1. The van der Waals surface area contributed by atoms with Gasteiger partial charge in [0.1, 0.15) is 16.2 Å². The molecular weight excluding hydrogens is 418 g/mol. The van der Waals surface area contributed by atoms with Gasteiger partial charge in [-0.1, -0.05) is 24.8 Å². The van der Waals surface area contributed by atoms with E-state index in [1.54, 1.807) is 17.7 Å². The first kappa shape index (κ1) is 19.6. The van der Waals surface area contributed by atoms with E-state index in [0.29, 0.717) is 5.75 Å². The van der Waals surface area contributed by atoms with Crippen LogP contribution in [0, 0.1) is 5.92 Å². The van der Waals surface area contributed by atoms with Gasteiger partial charge >= 0.3 is 0 Å². The molecule has 0 bridgehead atoms. The minimum atomic E-state index is -0.117. The molecule has 6 nitrogen and oxygen atoms in total. The summed E-state index contributed by atoms with van der Waals surface area (Å²) in [6.45, 7) is 4.52. The molecule has 2 aromatic heterocycles. The monoisotopic (exact) mass is 441 g/mol. The van der Waals surface area contributed by atoms with E-state index in [2.05, 4.69) is 22.2 Å². The van der Waals surface area contributed by atoms with Crippen LogP contribution in [0.5, 0.6) is 11.5 Å². The molecule has 2 atom stereocenters. The molecule has 0 radical (unpaired) electrons. The molecular formula is C22H23N3O3S2. The number of carbonyl (C=O) groups excluding carboxylic acids is 1. The molecule has 0 spiro atoms. The van der Waals surface area contributed by atoms with Crippen molar-refractivity contribution in [3.8, 4) is 11.5 Å². The minimum Gasteiger partial charge on any atom is -0.454 e. The van der Waals surface area contributed by atoms with Crippen LogP contribution in [0.1, 0.15) is 42.3 Å². The van der Waals surface area contributed by atoms with Crippen LogP contribution in [0.4, 0.5) is 0 Å². The Bertz CT molecular complexity index is 1110. The van der Waals surface area contributed by atoms with E-state index in [4.69, 9.17) is 9.47 Å². The van der Waals surface area contributed by atoms with Gasteiger partial charge in [0, 0.05) is 10.3 Å². The second kappa shape index (κ2) is 8.07. The van der Waals surface area contributed by atoms with Gasteiger partial charge in [0.05, 0.1) is 11.8 Å². The Labute approximate surface area is 183 Å². The van der Waals surface area contributed by atoms with E-state index in [0.717, 1.165) is 51.1 Å². The number of carbonyl (C=O) groups is 1. The fourth-order valence-corrected chi connectivity index (χ4v) is 6.29. The summed E-state index contributed by atoms with van der Waals surface area (Å²) in [7, 11) is 0. The Morgan fingerprint density at radius 3 is 3.10 bits per heavy atom. The van der Waals surface area contributed by atoms with Crippen molar-refractivity contribution < 1.29 is 14.3 Å². The van der Waals surface area contributed by atoms with Crippen molar-refractivity contribution in [1.82, 2.24) is 15.3 Å². The first-order chi connectivity index (χ1) is 14.6.